The van der Waals surface area contributed by atoms with Crippen LogP contribution in [0.2, 0.25) is 0 Å². The van der Waals surface area contributed by atoms with Crippen molar-refractivity contribution in [2.45, 2.75) is 5.75 Å². The van der Waals surface area contributed by atoms with Crippen LogP contribution in [0.25, 0.3) is 0 Å². The van der Waals surface area contributed by atoms with Gasteiger partial charge in [0.15, 0.2) is 7.35 Å². The summed E-state index contributed by atoms with van der Waals surface area (Å²) in [7, 11) is 0.921. The fourth-order valence-electron chi connectivity index (χ4n) is 0.850. The molecule has 13 heavy (non-hydrogen) atoms. The summed E-state index contributed by atoms with van der Waals surface area (Å²) in [6.07, 6.45) is 5.28. The van der Waals surface area contributed by atoms with Crippen LogP contribution in [0.1, 0.15) is 5.56 Å². The van der Waals surface area contributed by atoms with Crippen LogP contribution in [0.5, 0.6) is 0 Å². The van der Waals surface area contributed by atoms with Gasteiger partial charge >= 0.3 is 0 Å². The van der Waals surface area contributed by atoms with Crippen LogP contribution in [0, 0.1) is 12.1 Å². The Morgan fingerprint density at radius 1 is 1.46 bits per heavy atom. The molecule has 1 atom stereocenters. The molecule has 1 aromatic rings. The Morgan fingerprint density at radius 3 is 2.69 bits per heavy atom. The van der Waals surface area contributed by atoms with Gasteiger partial charge in [-0.15, -0.1) is 6.42 Å². The summed E-state index contributed by atoms with van der Waals surface area (Å²) >= 11 is 1.68. The first-order valence-electron chi connectivity index (χ1n) is 3.84. The van der Waals surface area contributed by atoms with Gasteiger partial charge in [0.25, 0.3) is 0 Å². The lowest BCUT2D eigenvalue weighted by atomic mass is 10.2. The topological polar surface area (TPSA) is 9.23 Å². The average molecular weight is 210 g/mol. The van der Waals surface area contributed by atoms with Gasteiger partial charge in [0.1, 0.15) is 0 Å². The van der Waals surface area contributed by atoms with E-state index in [9.17, 15) is 0 Å². The summed E-state index contributed by atoms with van der Waals surface area (Å²) < 4.78 is 5.11. The number of hydrogen-bond donors (Lipinski definition) is 0. The second-order valence-corrected chi connectivity index (χ2v) is 5.78. The zero-order valence-corrected chi connectivity index (χ0v) is 9.15. The minimum absolute atomic E-state index is 0.735. The number of hydrogen-bond acceptors (Lipinski definition) is 2. The summed E-state index contributed by atoms with van der Waals surface area (Å²) in [5.41, 5.74) is 3.91. The summed E-state index contributed by atoms with van der Waals surface area (Å²) in [5, 5.41) is 0. The molecule has 0 heterocycles. The molecule has 1 rings (SSSR count). The molecule has 1 nitrogen and oxygen atoms in total. The molecule has 3 heteroatoms. The monoisotopic (exact) mass is 210 g/mol. The maximum atomic E-state index is 5.28. The van der Waals surface area contributed by atoms with E-state index < -0.39 is 7.35 Å². The van der Waals surface area contributed by atoms with Crippen molar-refractivity contribution in [3.63, 3.8) is 0 Å². The first-order valence-corrected chi connectivity index (χ1v) is 6.69. The molecule has 0 fully saturated rings. The third-order valence-electron chi connectivity index (χ3n) is 1.46. The Hall–Kier alpha value is -0.480. The molecule has 0 N–H and O–H groups in total. The highest BCUT2D eigenvalue weighted by Gasteiger charge is 2.03. The number of rotatable bonds is 4. The summed E-state index contributed by atoms with van der Waals surface area (Å²) in [4.78, 5) is 0. The largest absolute Gasteiger partial charge is 0.341 e. The van der Waals surface area contributed by atoms with Crippen molar-refractivity contribution in [1.82, 2.24) is 0 Å². The maximum absolute atomic E-state index is 5.28. The molecule has 0 aliphatic heterocycles. The molecule has 68 valence electrons. The van der Waals surface area contributed by atoms with Crippen molar-refractivity contribution in [2.75, 3.05) is 7.11 Å². The van der Waals surface area contributed by atoms with Crippen LogP contribution >= 0.6 is 18.7 Å². The maximum Gasteiger partial charge on any atom is 0.169 e. The van der Waals surface area contributed by atoms with Crippen LogP contribution in [0.3, 0.4) is 0 Å². The van der Waals surface area contributed by atoms with E-state index in [0.29, 0.717) is 0 Å². The van der Waals surface area contributed by atoms with Crippen molar-refractivity contribution in [2.24, 2.45) is 0 Å². The van der Waals surface area contributed by atoms with E-state index in [1.165, 1.54) is 5.56 Å². The summed E-state index contributed by atoms with van der Waals surface area (Å²) in [6.45, 7) is 0. The minimum atomic E-state index is -0.735. The fraction of sp³-hybridized carbons (Fsp3) is 0.200. The molecule has 1 aromatic carbocycles. The van der Waals surface area contributed by atoms with Crippen molar-refractivity contribution in [3.05, 3.63) is 35.9 Å². The van der Waals surface area contributed by atoms with E-state index >= 15 is 0 Å². The van der Waals surface area contributed by atoms with Crippen molar-refractivity contribution < 1.29 is 4.52 Å². The molecule has 0 bridgehead atoms. The van der Waals surface area contributed by atoms with Gasteiger partial charge in [-0.2, -0.15) is 0 Å². The lowest BCUT2D eigenvalue weighted by Gasteiger charge is -2.06. The third-order valence-corrected chi connectivity index (χ3v) is 4.56. The Kier molecular flexibility index (Phi) is 4.93. The minimum Gasteiger partial charge on any atom is -0.341 e. The first-order chi connectivity index (χ1) is 6.36. The van der Waals surface area contributed by atoms with Crippen LogP contribution in [-0.2, 0) is 10.3 Å². The second kappa shape index (κ2) is 6.05. The molecule has 0 aliphatic rings. The molecule has 0 radical (unpaired) electrons. The van der Waals surface area contributed by atoms with Gasteiger partial charge in [-0.3, -0.25) is 0 Å². The van der Waals surface area contributed by atoms with Gasteiger partial charge in [-0.05, 0) is 11.2 Å². The zero-order valence-electron chi connectivity index (χ0n) is 7.43. The van der Waals surface area contributed by atoms with E-state index in [4.69, 9.17) is 10.9 Å². The molecular formula is C10H11OPS. The molecule has 0 amide bonds. The second-order valence-electron chi connectivity index (χ2n) is 2.33. The molecule has 0 spiro atoms. The molecule has 0 aliphatic carbocycles. The van der Waals surface area contributed by atoms with Crippen molar-refractivity contribution >= 4 is 18.7 Å². The molecule has 0 aromatic heterocycles. The van der Waals surface area contributed by atoms with E-state index in [1.54, 1.807) is 18.5 Å². The molecule has 0 saturated heterocycles. The van der Waals surface area contributed by atoms with Crippen molar-refractivity contribution in [3.8, 4) is 12.1 Å². The predicted molar refractivity (Wildman–Crippen MR) is 60.5 cm³/mol. The summed E-state index contributed by atoms with van der Waals surface area (Å²) in [6, 6.07) is 10.2. The number of terminal acetylenes is 1. The molecule has 0 saturated carbocycles. The van der Waals surface area contributed by atoms with E-state index in [-0.39, 0.29) is 0 Å². The lowest BCUT2D eigenvalue weighted by Crippen LogP contribution is -1.77. The van der Waals surface area contributed by atoms with E-state index in [2.05, 4.69) is 17.8 Å². The highest BCUT2D eigenvalue weighted by molar-refractivity contribution is 8.55. The van der Waals surface area contributed by atoms with Crippen LogP contribution in [0.4, 0.5) is 0 Å². The SMILES string of the molecule is C#CP(OC)SCc1ccccc1. The van der Waals surface area contributed by atoms with Crippen molar-refractivity contribution in [1.29, 1.82) is 0 Å². The average Bonchev–Trinajstić information content (AvgIpc) is 2.21. The van der Waals surface area contributed by atoms with Crippen LogP contribution in [-0.4, -0.2) is 7.11 Å². The first kappa shape index (κ1) is 10.6. The van der Waals surface area contributed by atoms with Gasteiger partial charge < -0.3 is 4.52 Å². The zero-order chi connectivity index (χ0) is 9.52. The molecule has 1 unspecified atom stereocenters. The standard InChI is InChI=1S/C10H11OPS/c1-3-12(11-2)13-9-10-7-5-4-6-8-10/h1,4-8H,9H2,2H3. The Morgan fingerprint density at radius 2 is 2.15 bits per heavy atom. The summed E-state index contributed by atoms with van der Waals surface area (Å²) in [5.74, 6) is 0.921. The molecular weight excluding hydrogens is 199 g/mol. The fourth-order valence-corrected chi connectivity index (χ4v) is 2.93. The normalized spacial score (nSPS) is 12.0. The van der Waals surface area contributed by atoms with Gasteiger partial charge in [-0.25, -0.2) is 0 Å². The predicted octanol–water partition coefficient (Wildman–Crippen LogP) is 3.47. The highest BCUT2D eigenvalue weighted by atomic mass is 32.7. The third kappa shape index (κ3) is 3.83. The van der Waals surface area contributed by atoms with Gasteiger partial charge in [-0.1, -0.05) is 41.7 Å². The lowest BCUT2D eigenvalue weighted by molar-refractivity contribution is 0.478. The Labute approximate surface area is 84.5 Å². The van der Waals surface area contributed by atoms with E-state index in [0.717, 1.165) is 5.75 Å². The smallest absolute Gasteiger partial charge is 0.169 e. The quantitative estimate of drug-likeness (QED) is 0.556. The van der Waals surface area contributed by atoms with Crippen LogP contribution < -0.4 is 0 Å². The van der Waals surface area contributed by atoms with Gasteiger partial charge in [0.05, 0.1) is 0 Å². The highest BCUT2D eigenvalue weighted by Crippen LogP contribution is 2.50. The Bertz CT molecular complexity index is 281. The number of benzene rings is 1. The van der Waals surface area contributed by atoms with Gasteiger partial charge in [0, 0.05) is 12.9 Å². The van der Waals surface area contributed by atoms with E-state index in [1.807, 2.05) is 18.2 Å². The van der Waals surface area contributed by atoms with Gasteiger partial charge in [0.2, 0.25) is 0 Å². The Balaban J connectivity index is 2.40. The van der Waals surface area contributed by atoms with Crippen LogP contribution in [0.15, 0.2) is 30.3 Å².